The molecule has 0 radical (unpaired) electrons. The topological polar surface area (TPSA) is 39.8 Å². The van der Waals surface area contributed by atoms with Gasteiger partial charge in [0, 0.05) is 16.6 Å². The normalized spacial score (nSPS) is 10.9. The van der Waals surface area contributed by atoms with E-state index in [-0.39, 0.29) is 0 Å². The molecule has 0 aliphatic carbocycles. The minimum Gasteiger partial charge on any atom is -0.594 e. The van der Waals surface area contributed by atoms with Crippen molar-refractivity contribution in [2.75, 3.05) is 0 Å². The molecule has 0 aliphatic heterocycles. The molecule has 3 rings (SSSR count). The van der Waals surface area contributed by atoms with Crippen molar-refractivity contribution < 1.29 is 4.85 Å². The van der Waals surface area contributed by atoms with Gasteiger partial charge >= 0.3 is 0 Å². The first kappa shape index (κ1) is 8.17. The van der Waals surface area contributed by atoms with Crippen molar-refractivity contribution >= 4 is 21.8 Å². The molecule has 0 saturated carbocycles. The van der Waals surface area contributed by atoms with E-state index in [1.165, 1.54) is 0 Å². The average Bonchev–Trinajstić information content (AvgIpc) is 2.30. The Labute approximate surface area is 86.2 Å². The van der Waals surface area contributed by atoms with E-state index in [2.05, 4.69) is 5.10 Å². The van der Waals surface area contributed by atoms with Crippen LogP contribution in [-0.4, -0.2) is 5.10 Å². The fourth-order valence-electron chi connectivity index (χ4n) is 1.81. The van der Waals surface area contributed by atoms with E-state index in [1.54, 1.807) is 6.07 Å². The fraction of sp³-hybridized carbons (Fsp3) is 0. The molecule has 0 saturated heterocycles. The minimum absolute atomic E-state index is 0.608. The highest BCUT2D eigenvalue weighted by molar-refractivity contribution is 6.01. The van der Waals surface area contributed by atoms with E-state index >= 15 is 0 Å². The van der Waals surface area contributed by atoms with Crippen LogP contribution in [0.5, 0.6) is 0 Å². The first-order valence-electron chi connectivity index (χ1n) is 4.73. The van der Waals surface area contributed by atoms with Gasteiger partial charge in [0.1, 0.15) is 5.52 Å². The number of rotatable bonds is 0. The lowest BCUT2D eigenvalue weighted by Gasteiger charge is -2.02. The molecule has 0 fully saturated rings. The molecule has 1 heterocycles. The van der Waals surface area contributed by atoms with E-state index in [0.717, 1.165) is 16.3 Å². The van der Waals surface area contributed by atoms with Gasteiger partial charge in [-0.3, -0.25) is 0 Å². The lowest BCUT2D eigenvalue weighted by atomic mass is 10.1. The second-order valence-electron chi connectivity index (χ2n) is 3.41. The zero-order valence-electron chi connectivity index (χ0n) is 7.92. The van der Waals surface area contributed by atoms with Crippen molar-refractivity contribution in [2.24, 2.45) is 0 Å². The minimum atomic E-state index is 0.608. The zero-order valence-corrected chi connectivity index (χ0v) is 7.92. The van der Waals surface area contributed by atoms with Gasteiger partial charge in [0.15, 0.2) is 0 Å². The highest BCUT2D eigenvalue weighted by Gasteiger charge is 2.08. The molecule has 0 N–H and O–H groups in total. The Morgan fingerprint density at radius 1 is 0.867 bits per heavy atom. The monoisotopic (exact) mass is 196 g/mol. The molecule has 3 aromatic rings. The van der Waals surface area contributed by atoms with Gasteiger partial charge in [-0.1, -0.05) is 30.3 Å². The maximum Gasteiger partial charge on any atom is 0.252 e. The van der Waals surface area contributed by atoms with Crippen molar-refractivity contribution in [1.29, 1.82) is 0 Å². The molecule has 0 amide bonds. The van der Waals surface area contributed by atoms with Crippen molar-refractivity contribution in [1.82, 2.24) is 5.10 Å². The Balaban J connectivity index is 2.64. The first-order valence-corrected chi connectivity index (χ1v) is 4.73. The summed E-state index contributed by atoms with van der Waals surface area (Å²) in [6.45, 7) is 0. The summed E-state index contributed by atoms with van der Waals surface area (Å²) in [4.78, 5) is 0.678. The van der Waals surface area contributed by atoms with Gasteiger partial charge in [-0.25, -0.2) is 0 Å². The van der Waals surface area contributed by atoms with Crippen molar-refractivity contribution in [3.05, 3.63) is 53.7 Å². The largest absolute Gasteiger partial charge is 0.594 e. The van der Waals surface area contributed by atoms with Gasteiger partial charge in [0.25, 0.3) is 5.52 Å². The Morgan fingerprint density at radius 2 is 1.53 bits per heavy atom. The van der Waals surface area contributed by atoms with Gasteiger partial charge in [-0.05, 0) is 17.0 Å². The third-order valence-electron chi connectivity index (χ3n) is 2.50. The third-order valence-corrected chi connectivity index (χ3v) is 2.50. The molecule has 3 nitrogen and oxygen atoms in total. The van der Waals surface area contributed by atoms with Crippen LogP contribution in [0, 0.1) is 5.21 Å². The van der Waals surface area contributed by atoms with Crippen LogP contribution in [-0.2, 0) is 0 Å². The number of para-hydroxylation sites is 1. The highest BCUT2D eigenvalue weighted by Crippen LogP contribution is 2.19. The van der Waals surface area contributed by atoms with Gasteiger partial charge in [0.2, 0.25) is 0 Å². The van der Waals surface area contributed by atoms with Gasteiger partial charge in [0.05, 0.1) is 5.39 Å². The summed E-state index contributed by atoms with van der Waals surface area (Å²) in [6.07, 6.45) is 0. The molecule has 0 unspecified atom stereocenters. The number of aromatic nitrogens is 2. The van der Waals surface area contributed by atoms with E-state index in [9.17, 15) is 5.21 Å². The van der Waals surface area contributed by atoms with E-state index in [4.69, 9.17) is 0 Å². The molecule has 72 valence electrons. The Morgan fingerprint density at radius 3 is 2.40 bits per heavy atom. The van der Waals surface area contributed by atoms with Crippen LogP contribution in [0.4, 0.5) is 0 Å². The van der Waals surface area contributed by atoms with Crippen LogP contribution in [0.1, 0.15) is 0 Å². The predicted octanol–water partition coefficient (Wildman–Crippen LogP) is 2.02. The van der Waals surface area contributed by atoms with E-state index < -0.39 is 0 Å². The summed E-state index contributed by atoms with van der Waals surface area (Å²) in [7, 11) is 0. The molecule has 15 heavy (non-hydrogen) atoms. The molecule has 0 aliphatic rings. The predicted molar refractivity (Wildman–Crippen MR) is 58.2 cm³/mol. The van der Waals surface area contributed by atoms with E-state index in [0.29, 0.717) is 10.4 Å². The standard InChI is InChI=1S/C12H8N2O/c15-14-12-8-4-2-6-10(12)9-5-1-3-7-11(9)13-14/h1-8H. The van der Waals surface area contributed by atoms with E-state index in [1.807, 2.05) is 42.5 Å². The summed E-state index contributed by atoms with van der Waals surface area (Å²) in [5, 5.41) is 17.5. The summed E-state index contributed by atoms with van der Waals surface area (Å²) < 4.78 is 0. The smallest absolute Gasteiger partial charge is 0.252 e. The Kier molecular flexibility index (Phi) is 1.59. The summed E-state index contributed by atoms with van der Waals surface area (Å²) in [5.74, 6) is 0. The summed E-state index contributed by atoms with van der Waals surface area (Å²) >= 11 is 0. The number of hydrogen-bond donors (Lipinski definition) is 0. The maximum atomic E-state index is 11.6. The van der Waals surface area contributed by atoms with Crippen LogP contribution >= 0.6 is 0 Å². The zero-order chi connectivity index (χ0) is 10.3. The summed E-state index contributed by atoms with van der Waals surface area (Å²) in [6, 6.07) is 15.1. The van der Waals surface area contributed by atoms with Gasteiger partial charge < -0.3 is 5.21 Å². The van der Waals surface area contributed by atoms with Crippen LogP contribution in [0.15, 0.2) is 48.5 Å². The molecule has 0 bridgehead atoms. The number of nitrogens with zero attached hydrogens (tertiary/aromatic N) is 2. The number of hydrogen-bond acceptors (Lipinski definition) is 2. The molecule has 1 aromatic heterocycles. The van der Waals surface area contributed by atoms with Crippen LogP contribution in [0.25, 0.3) is 21.8 Å². The van der Waals surface area contributed by atoms with Crippen molar-refractivity contribution in [3.8, 4) is 0 Å². The van der Waals surface area contributed by atoms with Crippen LogP contribution in [0.3, 0.4) is 0 Å². The third kappa shape index (κ3) is 1.13. The average molecular weight is 196 g/mol. The van der Waals surface area contributed by atoms with Gasteiger partial charge in [-0.15, -0.1) is 0 Å². The molecular formula is C12H8N2O. The van der Waals surface area contributed by atoms with Crippen molar-refractivity contribution in [3.63, 3.8) is 0 Å². The van der Waals surface area contributed by atoms with Gasteiger partial charge in [-0.2, -0.15) is 0 Å². The SMILES string of the molecule is [O-][n+]1nc2ccccc2c2ccccc21. The Bertz CT molecular complexity index is 649. The fourth-order valence-corrected chi connectivity index (χ4v) is 1.81. The number of benzene rings is 2. The molecular weight excluding hydrogens is 188 g/mol. The molecule has 3 heteroatoms. The first-order chi connectivity index (χ1) is 7.36. The quantitative estimate of drug-likeness (QED) is 0.313. The second kappa shape index (κ2) is 2.92. The van der Waals surface area contributed by atoms with Crippen molar-refractivity contribution in [2.45, 2.75) is 0 Å². The second-order valence-corrected chi connectivity index (χ2v) is 3.41. The van der Waals surface area contributed by atoms with Crippen LogP contribution < -0.4 is 4.85 Å². The molecule has 0 atom stereocenters. The Hall–Kier alpha value is -2.16. The maximum absolute atomic E-state index is 11.6. The molecule has 2 aromatic carbocycles. The molecule has 0 spiro atoms. The van der Waals surface area contributed by atoms with Crippen LogP contribution in [0.2, 0.25) is 0 Å². The summed E-state index contributed by atoms with van der Waals surface area (Å²) in [5.41, 5.74) is 1.34. The highest BCUT2D eigenvalue weighted by atomic mass is 16.5. The number of fused-ring (bicyclic) bond motifs is 3. The lowest BCUT2D eigenvalue weighted by Crippen LogP contribution is -2.31. The lowest BCUT2D eigenvalue weighted by molar-refractivity contribution is -0.639.